The number of aryl methyl sites for hydroxylation is 2. The number of aromatic nitrogens is 1. The lowest BCUT2D eigenvalue weighted by Crippen LogP contribution is -2.25. The number of carbonyl (C=O) groups is 1. The molecule has 4 heteroatoms. The van der Waals surface area contributed by atoms with E-state index in [1.807, 2.05) is 47.3 Å². The van der Waals surface area contributed by atoms with Crippen LogP contribution < -0.4 is 5.32 Å². The molecule has 25 heavy (non-hydrogen) atoms. The van der Waals surface area contributed by atoms with Crippen molar-refractivity contribution >= 4 is 17.7 Å². The number of thioether (sulfide) groups is 1. The molecule has 0 atom stereocenters. The quantitative estimate of drug-likeness (QED) is 0.520. The summed E-state index contributed by atoms with van der Waals surface area (Å²) in [6, 6.07) is 18.2. The highest BCUT2D eigenvalue weighted by atomic mass is 32.2. The van der Waals surface area contributed by atoms with Crippen LogP contribution in [-0.4, -0.2) is 22.8 Å². The highest BCUT2D eigenvalue weighted by Gasteiger charge is 2.08. The largest absolute Gasteiger partial charge is 0.351 e. The van der Waals surface area contributed by atoms with Crippen LogP contribution in [0.1, 0.15) is 21.5 Å². The number of hydrogen-bond acceptors (Lipinski definition) is 2. The zero-order valence-electron chi connectivity index (χ0n) is 14.5. The van der Waals surface area contributed by atoms with E-state index in [2.05, 4.69) is 43.4 Å². The maximum absolute atomic E-state index is 12.4. The summed E-state index contributed by atoms with van der Waals surface area (Å²) >= 11 is 1.75. The fraction of sp³-hybridized carbons (Fsp3) is 0.190. The van der Waals surface area contributed by atoms with Crippen molar-refractivity contribution < 1.29 is 4.79 Å². The van der Waals surface area contributed by atoms with Gasteiger partial charge in [-0.25, -0.2) is 0 Å². The van der Waals surface area contributed by atoms with Gasteiger partial charge in [0.25, 0.3) is 5.91 Å². The SMILES string of the molecule is Cc1ccc(SCCNC(=O)c2ccc(C)c(-n3cccc3)c2)cc1. The lowest BCUT2D eigenvalue weighted by atomic mass is 10.1. The zero-order chi connectivity index (χ0) is 17.6. The smallest absolute Gasteiger partial charge is 0.251 e. The predicted molar refractivity (Wildman–Crippen MR) is 105 cm³/mol. The van der Waals surface area contributed by atoms with E-state index >= 15 is 0 Å². The van der Waals surface area contributed by atoms with E-state index in [0.717, 1.165) is 17.0 Å². The first kappa shape index (κ1) is 17.4. The average molecular weight is 350 g/mol. The van der Waals surface area contributed by atoms with Gasteiger partial charge in [-0.1, -0.05) is 23.8 Å². The predicted octanol–water partition coefficient (Wildman–Crippen LogP) is 4.62. The number of amides is 1. The molecule has 0 bridgehead atoms. The Morgan fingerprint density at radius 1 is 1.04 bits per heavy atom. The minimum absolute atomic E-state index is 0.0297. The second-order valence-electron chi connectivity index (χ2n) is 6.01. The molecule has 0 radical (unpaired) electrons. The Labute approximate surface area is 153 Å². The van der Waals surface area contributed by atoms with Crippen LogP contribution in [0, 0.1) is 13.8 Å². The topological polar surface area (TPSA) is 34.0 Å². The van der Waals surface area contributed by atoms with Crippen LogP contribution in [0.25, 0.3) is 5.69 Å². The first-order valence-corrected chi connectivity index (χ1v) is 9.34. The van der Waals surface area contributed by atoms with Crippen LogP contribution >= 0.6 is 11.8 Å². The molecule has 0 aliphatic rings. The van der Waals surface area contributed by atoms with E-state index in [1.54, 1.807) is 11.8 Å². The van der Waals surface area contributed by atoms with Gasteiger partial charge >= 0.3 is 0 Å². The van der Waals surface area contributed by atoms with Crippen molar-refractivity contribution in [3.8, 4) is 5.69 Å². The number of rotatable bonds is 6. The molecule has 128 valence electrons. The van der Waals surface area contributed by atoms with Gasteiger partial charge in [-0.2, -0.15) is 0 Å². The van der Waals surface area contributed by atoms with Crippen LogP contribution in [0.3, 0.4) is 0 Å². The molecule has 1 N–H and O–H groups in total. The number of hydrogen-bond donors (Lipinski definition) is 1. The molecule has 0 saturated carbocycles. The Balaban J connectivity index is 1.56. The normalized spacial score (nSPS) is 10.6. The van der Waals surface area contributed by atoms with Gasteiger partial charge in [0, 0.05) is 40.8 Å². The molecule has 0 aliphatic carbocycles. The molecule has 0 saturated heterocycles. The first-order chi connectivity index (χ1) is 12.1. The lowest BCUT2D eigenvalue weighted by Gasteiger charge is -2.10. The summed E-state index contributed by atoms with van der Waals surface area (Å²) in [6.07, 6.45) is 3.98. The molecule has 1 heterocycles. The van der Waals surface area contributed by atoms with Gasteiger partial charge in [0.05, 0.1) is 0 Å². The first-order valence-electron chi connectivity index (χ1n) is 8.35. The third-order valence-electron chi connectivity index (χ3n) is 4.03. The Bertz CT molecular complexity index is 839. The summed E-state index contributed by atoms with van der Waals surface area (Å²) in [7, 11) is 0. The van der Waals surface area contributed by atoms with Gasteiger partial charge in [-0.05, 0) is 55.8 Å². The molecule has 3 aromatic rings. The maximum Gasteiger partial charge on any atom is 0.251 e. The maximum atomic E-state index is 12.4. The third-order valence-corrected chi connectivity index (χ3v) is 5.05. The monoisotopic (exact) mass is 350 g/mol. The standard InChI is InChI=1S/C21H22N2OS/c1-16-5-9-19(10-6-16)25-14-11-22-21(24)18-8-7-17(2)20(15-18)23-12-3-4-13-23/h3-10,12-13,15H,11,14H2,1-2H3,(H,22,24). The van der Waals surface area contributed by atoms with Crippen LogP contribution in [-0.2, 0) is 0 Å². The lowest BCUT2D eigenvalue weighted by molar-refractivity contribution is 0.0956. The fourth-order valence-corrected chi connectivity index (χ4v) is 3.36. The van der Waals surface area contributed by atoms with Crippen LogP contribution in [0.4, 0.5) is 0 Å². The summed E-state index contributed by atoms with van der Waals surface area (Å²) < 4.78 is 2.03. The summed E-state index contributed by atoms with van der Waals surface area (Å²) in [4.78, 5) is 13.6. The molecule has 1 amide bonds. The van der Waals surface area contributed by atoms with Gasteiger partial charge in [0.2, 0.25) is 0 Å². The molecule has 0 fully saturated rings. The van der Waals surface area contributed by atoms with Crippen LogP contribution in [0.15, 0.2) is 71.9 Å². The van der Waals surface area contributed by atoms with Crippen molar-refractivity contribution in [1.29, 1.82) is 0 Å². The van der Waals surface area contributed by atoms with Gasteiger partial charge in [0.1, 0.15) is 0 Å². The Kier molecular flexibility index (Phi) is 5.61. The summed E-state index contributed by atoms with van der Waals surface area (Å²) in [5, 5.41) is 3.00. The van der Waals surface area contributed by atoms with Crippen molar-refractivity contribution in [1.82, 2.24) is 9.88 Å². The van der Waals surface area contributed by atoms with E-state index in [1.165, 1.54) is 10.5 Å². The van der Waals surface area contributed by atoms with Crippen LogP contribution in [0.2, 0.25) is 0 Å². The summed E-state index contributed by atoms with van der Waals surface area (Å²) in [5.41, 5.74) is 4.12. The number of carbonyl (C=O) groups excluding carboxylic acids is 1. The van der Waals surface area contributed by atoms with E-state index in [-0.39, 0.29) is 5.91 Å². The molecular formula is C21H22N2OS. The Morgan fingerprint density at radius 3 is 2.48 bits per heavy atom. The fourth-order valence-electron chi connectivity index (χ4n) is 2.59. The van der Waals surface area contributed by atoms with Crippen molar-refractivity contribution in [3.05, 3.63) is 83.7 Å². The number of nitrogens with one attached hydrogen (secondary N) is 1. The molecule has 2 aromatic carbocycles. The second-order valence-corrected chi connectivity index (χ2v) is 7.18. The number of benzene rings is 2. The summed E-state index contributed by atoms with van der Waals surface area (Å²) in [5.74, 6) is 0.823. The number of nitrogens with zero attached hydrogens (tertiary/aromatic N) is 1. The molecule has 0 aliphatic heterocycles. The van der Waals surface area contributed by atoms with Crippen molar-refractivity contribution in [2.75, 3.05) is 12.3 Å². The highest BCUT2D eigenvalue weighted by molar-refractivity contribution is 7.99. The molecule has 3 rings (SSSR count). The van der Waals surface area contributed by atoms with Crippen LogP contribution in [0.5, 0.6) is 0 Å². The van der Waals surface area contributed by atoms with Gasteiger partial charge in [0.15, 0.2) is 0 Å². The van der Waals surface area contributed by atoms with Crippen molar-refractivity contribution in [3.63, 3.8) is 0 Å². The van der Waals surface area contributed by atoms with E-state index < -0.39 is 0 Å². The van der Waals surface area contributed by atoms with Crippen molar-refractivity contribution in [2.45, 2.75) is 18.7 Å². The van der Waals surface area contributed by atoms with E-state index in [4.69, 9.17) is 0 Å². The van der Waals surface area contributed by atoms with Gasteiger partial charge in [-0.3, -0.25) is 4.79 Å². The van der Waals surface area contributed by atoms with Crippen molar-refractivity contribution in [2.24, 2.45) is 0 Å². The van der Waals surface area contributed by atoms with E-state index in [0.29, 0.717) is 12.1 Å². The highest BCUT2D eigenvalue weighted by Crippen LogP contribution is 2.18. The Hall–Kier alpha value is -2.46. The second kappa shape index (κ2) is 8.08. The van der Waals surface area contributed by atoms with Gasteiger partial charge < -0.3 is 9.88 Å². The minimum Gasteiger partial charge on any atom is -0.351 e. The molecular weight excluding hydrogens is 328 g/mol. The Morgan fingerprint density at radius 2 is 1.76 bits per heavy atom. The summed E-state index contributed by atoms with van der Waals surface area (Å²) in [6.45, 7) is 4.78. The molecule has 3 nitrogen and oxygen atoms in total. The third kappa shape index (κ3) is 4.54. The minimum atomic E-state index is -0.0297. The van der Waals surface area contributed by atoms with E-state index in [9.17, 15) is 4.79 Å². The molecule has 1 aromatic heterocycles. The zero-order valence-corrected chi connectivity index (χ0v) is 15.3. The molecule has 0 unspecified atom stereocenters. The van der Waals surface area contributed by atoms with Gasteiger partial charge in [-0.15, -0.1) is 11.8 Å². The molecule has 0 spiro atoms. The average Bonchev–Trinajstić information content (AvgIpc) is 3.15.